The fourth-order valence-corrected chi connectivity index (χ4v) is 8.10. The van der Waals surface area contributed by atoms with Gasteiger partial charge in [0.2, 0.25) is 0 Å². The number of para-hydroxylation sites is 1. The number of hydrogen-bond donors (Lipinski definition) is 1. The van der Waals surface area contributed by atoms with Crippen LogP contribution in [0, 0.1) is 5.92 Å². The summed E-state index contributed by atoms with van der Waals surface area (Å²) in [7, 11) is 0. The van der Waals surface area contributed by atoms with Crippen molar-refractivity contribution >= 4 is 33.3 Å². The van der Waals surface area contributed by atoms with Crippen molar-refractivity contribution < 1.29 is 4.42 Å². The molecule has 2 heteroatoms. The maximum Gasteiger partial charge on any atom is 0.137 e. The van der Waals surface area contributed by atoms with E-state index < -0.39 is 0 Å². The van der Waals surface area contributed by atoms with Crippen LogP contribution < -0.4 is 5.32 Å². The minimum absolute atomic E-state index is 0.0786. The second-order valence-electron chi connectivity index (χ2n) is 11.6. The van der Waals surface area contributed by atoms with Crippen molar-refractivity contribution in [2.75, 3.05) is 5.32 Å². The molecule has 3 aliphatic carbocycles. The number of furan rings is 1. The van der Waals surface area contributed by atoms with Crippen LogP contribution in [0.4, 0.5) is 11.4 Å². The van der Waals surface area contributed by atoms with Gasteiger partial charge in [-0.3, -0.25) is 0 Å². The molecule has 0 radical (unpaired) electrons. The van der Waals surface area contributed by atoms with Gasteiger partial charge in [-0.05, 0) is 63.7 Å². The largest absolute Gasteiger partial charge is 0.456 e. The van der Waals surface area contributed by atoms with Gasteiger partial charge in [0.15, 0.2) is 0 Å². The molecular formula is C38H27NO. The van der Waals surface area contributed by atoms with Crippen LogP contribution in [0.15, 0.2) is 138 Å². The van der Waals surface area contributed by atoms with Crippen molar-refractivity contribution in [3.63, 3.8) is 0 Å². The lowest BCUT2D eigenvalue weighted by Gasteiger charge is -2.40. The molecule has 5 aromatic carbocycles. The Kier molecular flexibility index (Phi) is 4.21. The fourth-order valence-electron chi connectivity index (χ4n) is 8.10. The predicted octanol–water partition coefficient (Wildman–Crippen LogP) is 9.66. The van der Waals surface area contributed by atoms with Gasteiger partial charge >= 0.3 is 0 Å². The molecule has 1 N–H and O–H groups in total. The summed E-state index contributed by atoms with van der Waals surface area (Å²) >= 11 is 0. The first-order chi connectivity index (χ1) is 19.7. The molecule has 0 bridgehead atoms. The number of allylic oxidation sites excluding steroid dienone is 4. The average Bonchev–Trinajstić information content (AvgIpc) is 3.59. The summed E-state index contributed by atoms with van der Waals surface area (Å²) < 4.78 is 6.18. The van der Waals surface area contributed by atoms with Crippen molar-refractivity contribution in [1.29, 1.82) is 0 Å². The quantitative estimate of drug-likeness (QED) is 0.249. The molecule has 3 unspecified atom stereocenters. The number of fused-ring (bicyclic) bond motifs is 13. The van der Waals surface area contributed by atoms with Crippen molar-refractivity contribution in [2.45, 2.75) is 17.8 Å². The van der Waals surface area contributed by atoms with Crippen molar-refractivity contribution in [3.05, 3.63) is 156 Å². The summed E-state index contributed by atoms with van der Waals surface area (Å²) in [5.41, 5.74) is 11.9. The van der Waals surface area contributed by atoms with Gasteiger partial charge in [0.1, 0.15) is 11.2 Å². The van der Waals surface area contributed by atoms with Crippen molar-refractivity contribution in [3.8, 4) is 11.1 Å². The molecule has 40 heavy (non-hydrogen) atoms. The molecule has 1 aromatic heterocycles. The van der Waals surface area contributed by atoms with Crippen LogP contribution >= 0.6 is 0 Å². The van der Waals surface area contributed by atoms with Crippen molar-refractivity contribution in [1.82, 2.24) is 0 Å². The Labute approximate surface area is 233 Å². The molecule has 190 valence electrons. The van der Waals surface area contributed by atoms with E-state index >= 15 is 0 Å². The molecule has 0 amide bonds. The molecule has 2 nitrogen and oxygen atoms in total. The smallest absolute Gasteiger partial charge is 0.137 e. The maximum absolute atomic E-state index is 6.18. The zero-order chi connectivity index (χ0) is 26.5. The molecule has 9 rings (SSSR count). The number of hydrogen-bond acceptors (Lipinski definition) is 2. The fraction of sp³-hybridized carbons (Fsp3) is 0.105. The maximum atomic E-state index is 6.18. The van der Waals surface area contributed by atoms with E-state index in [4.69, 9.17) is 4.42 Å². The van der Waals surface area contributed by atoms with E-state index in [-0.39, 0.29) is 16.7 Å². The summed E-state index contributed by atoms with van der Waals surface area (Å²) in [6.07, 6.45) is 9.33. The van der Waals surface area contributed by atoms with Crippen LogP contribution in [-0.4, -0.2) is 0 Å². The average molecular weight is 514 g/mol. The predicted molar refractivity (Wildman–Crippen MR) is 164 cm³/mol. The SMILES string of the molecule is CC12C=CC=CC1C1(c3ccccc3-c3ccc(Nc4cccc5oc6ccccc6c45)cc31)c1ccccc12. The van der Waals surface area contributed by atoms with Gasteiger partial charge in [-0.1, -0.05) is 110 Å². The van der Waals surface area contributed by atoms with E-state index in [0.29, 0.717) is 0 Å². The Morgan fingerprint density at radius 2 is 1.40 bits per heavy atom. The molecule has 1 heterocycles. The Bertz CT molecular complexity index is 2080. The Morgan fingerprint density at radius 1 is 0.650 bits per heavy atom. The van der Waals surface area contributed by atoms with E-state index in [9.17, 15) is 0 Å². The van der Waals surface area contributed by atoms with Gasteiger partial charge in [0, 0.05) is 22.4 Å². The van der Waals surface area contributed by atoms with Crippen LogP contribution in [0.3, 0.4) is 0 Å². The number of nitrogens with one attached hydrogen (secondary N) is 1. The summed E-state index contributed by atoms with van der Waals surface area (Å²) in [4.78, 5) is 0. The standard InChI is InChI=1S/C38H27NO/c1-37-22-9-8-19-35(37)38(30-15-6-5-14-29(30)37)28-13-4-2-11-25(28)26-21-20-24(23-31(26)38)39-32-16-10-18-34-36(32)27-12-3-7-17-33(27)40-34/h2-23,35,39H,1H3. The Morgan fingerprint density at radius 3 is 2.33 bits per heavy atom. The van der Waals surface area contributed by atoms with Gasteiger partial charge in [-0.15, -0.1) is 0 Å². The van der Waals surface area contributed by atoms with Crippen LogP contribution in [0.5, 0.6) is 0 Å². The lowest BCUT2D eigenvalue weighted by Crippen LogP contribution is -2.38. The number of anilines is 2. The number of rotatable bonds is 2. The number of benzene rings is 5. The lowest BCUT2D eigenvalue weighted by molar-refractivity contribution is 0.372. The second kappa shape index (κ2) is 7.64. The summed E-state index contributed by atoms with van der Waals surface area (Å²) in [5, 5.41) is 6.05. The van der Waals surface area contributed by atoms with E-state index in [1.165, 1.54) is 33.4 Å². The molecule has 6 aromatic rings. The summed E-state index contributed by atoms with van der Waals surface area (Å²) in [6.45, 7) is 2.42. The third kappa shape index (κ3) is 2.59. The van der Waals surface area contributed by atoms with E-state index in [1.807, 2.05) is 18.2 Å². The Hall–Kier alpha value is -4.82. The first-order valence-corrected chi connectivity index (χ1v) is 14.1. The van der Waals surface area contributed by atoms with Crippen LogP contribution in [0.25, 0.3) is 33.1 Å². The molecule has 0 fully saturated rings. The first-order valence-electron chi connectivity index (χ1n) is 14.1. The molecule has 0 aliphatic heterocycles. The van der Waals surface area contributed by atoms with Gasteiger partial charge in [-0.25, -0.2) is 0 Å². The highest BCUT2D eigenvalue weighted by molar-refractivity contribution is 6.12. The van der Waals surface area contributed by atoms with Gasteiger partial charge in [0.05, 0.1) is 16.5 Å². The Balaban J connectivity index is 1.29. The van der Waals surface area contributed by atoms with Gasteiger partial charge < -0.3 is 9.73 Å². The minimum atomic E-state index is -0.259. The monoisotopic (exact) mass is 513 g/mol. The zero-order valence-electron chi connectivity index (χ0n) is 22.2. The normalized spacial score (nSPS) is 23.4. The summed E-state index contributed by atoms with van der Waals surface area (Å²) in [6, 6.07) is 39.7. The topological polar surface area (TPSA) is 25.2 Å². The first kappa shape index (κ1) is 22.0. The van der Waals surface area contributed by atoms with E-state index in [2.05, 4.69) is 128 Å². The van der Waals surface area contributed by atoms with Gasteiger partial charge in [-0.2, -0.15) is 0 Å². The third-order valence-corrected chi connectivity index (χ3v) is 9.67. The highest BCUT2D eigenvalue weighted by Crippen LogP contribution is 2.67. The highest BCUT2D eigenvalue weighted by atomic mass is 16.3. The summed E-state index contributed by atoms with van der Waals surface area (Å²) in [5.74, 6) is 0.279. The molecule has 3 aliphatic rings. The van der Waals surface area contributed by atoms with Crippen LogP contribution in [-0.2, 0) is 10.8 Å². The second-order valence-corrected chi connectivity index (χ2v) is 11.6. The highest BCUT2D eigenvalue weighted by Gasteiger charge is 2.61. The van der Waals surface area contributed by atoms with Gasteiger partial charge in [0.25, 0.3) is 0 Å². The van der Waals surface area contributed by atoms with Crippen LogP contribution in [0.1, 0.15) is 29.2 Å². The zero-order valence-corrected chi connectivity index (χ0v) is 22.2. The molecular weight excluding hydrogens is 486 g/mol. The molecule has 3 atom stereocenters. The molecule has 0 saturated carbocycles. The van der Waals surface area contributed by atoms with E-state index in [0.717, 1.165) is 33.3 Å². The van der Waals surface area contributed by atoms with Crippen LogP contribution in [0.2, 0.25) is 0 Å². The van der Waals surface area contributed by atoms with E-state index in [1.54, 1.807) is 0 Å². The van der Waals surface area contributed by atoms with Crippen molar-refractivity contribution in [2.24, 2.45) is 5.92 Å². The molecule has 0 saturated heterocycles. The minimum Gasteiger partial charge on any atom is -0.456 e. The molecule has 1 spiro atoms. The lowest BCUT2D eigenvalue weighted by atomic mass is 9.61. The third-order valence-electron chi connectivity index (χ3n) is 9.67.